The van der Waals surface area contributed by atoms with E-state index in [1.54, 1.807) is 18.2 Å². The van der Waals surface area contributed by atoms with Crippen LogP contribution in [0.25, 0.3) is 22.3 Å². The SMILES string of the molecule is CC.CC.COc1ccc2cc3c(nc2c1O)-c1cc2c(c(=O)n1C3)COC(=O)C2O. The lowest BCUT2D eigenvalue weighted by molar-refractivity contribution is -0.157. The van der Waals surface area contributed by atoms with Gasteiger partial charge in [0.1, 0.15) is 12.1 Å². The summed E-state index contributed by atoms with van der Waals surface area (Å²) in [5.41, 5.74) is 2.38. The summed E-state index contributed by atoms with van der Waals surface area (Å²) in [6, 6.07) is 6.90. The van der Waals surface area contributed by atoms with Gasteiger partial charge in [0.15, 0.2) is 17.6 Å². The second-order valence-corrected chi connectivity index (χ2v) is 6.55. The van der Waals surface area contributed by atoms with E-state index in [0.29, 0.717) is 29.2 Å². The molecule has 0 saturated carbocycles. The number of pyridine rings is 2. The van der Waals surface area contributed by atoms with Gasteiger partial charge in [-0.05, 0) is 24.3 Å². The van der Waals surface area contributed by atoms with Gasteiger partial charge in [0, 0.05) is 16.5 Å². The average Bonchev–Trinajstić information content (AvgIpc) is 3.16. The lowest BCUT2D eigenvalue weighted by Gasteiger charge is -2.21. The Bertz CT molecular complexity index is 1220. The highest BCUT2D eigenvalue weighted by atomic mass is 16.5. The fourth-order valence-corrected chi connectivity index (χ4v) is 3.73. The first kappa shape index (κ1) is 22.3. The molecule has 1 atom stereocenters. The minimum Gasteiger partial charge on any atom is -0.503 e. The Kier molecular flexibility index (Phi) is 6.31. The summed E-state index contributed by atoms with van der Waals surface area (Å²) in [4.78, 5) is 29.1. The number of nitrogens with zero attached hydrogens (tertiary/aromatic N) is 2. The van der Waals surface area contributed by atoms with Gasteiger partial charge in [0.05, 0.1) is 30.6 Å². The van der Waals surface area contributed by atoms with Crippen LogP contribution in [0.4, 0.5) is 0 Å². The molecule has 2 aliphatic heterocycles. The predicted molar refractivity (Wildman–Crippen MR) is 116 cm³/mol. The number of carbonyl (C=O) groups excluding carboxylic acids is 1. The van der Waals surface area contributed by atoms with Crippen LogP contribution < -0.4 is 10.3 Å². The molecule has 31 heavy (non-hydrogen) atoms. The predicted octanol–water partition coefficient (Wildman–Crippen LogP) is 3.28. The van der Waals surface area contributed by atoms with Crippen LogP contribution in [0.1, 0.15) is 50.5 Å². The van der Waals surface area contributed by atoms with Crippen molar-refractivity contribution in [3.05, 3.63) is 51.3 Å². The topological polar surface area (TPSA) is 111 Å². The summed E-state index contributed by atoms with van der Waals surface area (Å²) in [7, 11) is 1.45. The Morgan fingerprint density at radius 1 is 1.16 bits per heavy atom. The van der Waals surface area contributed by atoms with Gasteiger partial charge < -0.3 is 24.3 Å². The molecule has 1 unspecified atom stereocenters. The van der Waals surface area contributed by atoms with E-state index >= 15 is 0 Å². The van der Waals surface area contributed by atoms with Crippen LogP contribution in [-0.2, 0) is 22.7 Å². The van der Waals surface area contributed by atoms with E-state index < -0.39 is 12.1 Å². The van der Waals surface area contributed by atoms with Gasteiger partial charge in [-0.1, -0.05) is 27.7 Å². The third-order valence-corrected chi connectivity index (χ3v) is 5.11. The third-order valence-electron chi connectivity index (χ3n) is 5.11. The zero-order valence-electron chi connectivity index (χ0n) is 18.2. The number of phenolic OH excluding ortho intramolecular Hbond substituents is 1. The molecule has 8 heteroatoms. The first-order valence-corrected chi connectivity index (χ1v) is 10.3. The summed E-state index contributed by atoms with van der Waals surface area (Å²) in [6.07, 6.45) is -1.50. The first-order chi connectivity index (χ1) is 15.0. The van der Waals surface area contributed by atoms with Gasteiger partial charge in [-0.15, -0.1) is 0 Å². The molecule has 164 valence electrons. The fraction of sp³-hybridized carbons (Fsp3) is 0.348. The number of ether oxygens (including phenoxy) is 2. The largest absolute Gasteiger partial charge is 0.503 e. The highest BCUT2D eigenvalue weighted by molar-refractivity contribution is 5.90. The maximum atomic E-state index is 12.9. The first-order valence-electron chi connectivity index (χ1n) is 10.3. The number of hydrogen-bond acceptors (Lipinski definition) is 7. The number of esters is 1. The van der Waals surface area contributed by atoms with E-state index in [2.05, 4.69) is 4.98 Å². The molecule has 5 rings (SSSR count). The summed E-state index contributed by atoms with van der Waals surface area (Å²) in [6.45, 7) is 8.16. The van der Waals surface area contributed by atoms with E-state index in [9.17, 15) is 19.8 Å². The number of cyclic esters (lactones) is 1. The van der Waals surface area contributed by atoms with Gasteiger partial charge in [0.2, 0.25) is 0 Å². The molecule has 0 spiro atoms. The number of hydrogen-bond donors (Lipinski definition) is 2. The highest BCUT2D eigenvalue weighted by Crippen LogP contribution is 2.39. The van der Waals surface area contributed by atoms with Crippen LogP contribution in [-0.4, -0.2) is 32.8 Å². The van der Waals surface area contributed by atoms with Gasteiger partial charge in [-0.25, -0.2) is 9.78 Å². The standard InChI is InChI=1S/C19H14N2O6.2C2H6/c1-26-13-3-2-8-4-9-6-21-12(14(9)20-15(8)17(13)23)5-10-11(18(21)24)7-27-19(25)16(10)22;2*1-2/h2-5,16,22-23H,6-7H2,1H3;2*1-2H3. The molecule has 4 heterocycles. The number of aliphatic hydroxyl groups excluding tert-OH is 1. The molecular formula is C23H26N2O6. The summed E-state index contributed by atoms with van der Waals surface area (Å²) in [5, 5.41) is 21.2. The number of aromatic hydroxyl groups is 1. The van der Waals surface area contributed by atoms with Crippen LogP contribution in [0.2, 0.25) is 0 Å². The van der Waals surface area contributed by atoms with Crippen LogP contribution in [0, 0.1) is 0 Å². The number of benzene rings is 1. The lowest BCUT2D eigenvalue weighted by Crippen LogP contribution is -2.32. The Hall–Kier alpha value is -3.39. The minimum atomic E-state index is -1.50. The van der Waals surface area contributed by atoms with E-state index in [1.807, 2.05) is 33.8 Å². The quantitative estimate of drug-likeness (QED) is 0.449. The Morgan fingerprint density at radius 3 is 2.55 bits per heavy atom. The molecule has 0 radical (unpaired) electrons. The van der Waals surface area contributed by atoms with E-state index in [-0.39, 0.29) is 29.0 Å². The van der Waals surface area contributed by atoms with Gasteiger partial charge in [-0.2, -0.15) is 0 Å². The van der Waals surface area contributed by atoms with Crippen molar-refractivity contribution in [2.45, 2.75) is 47.0 Å². The number of rotatable bonds is 1. The van der Waals surface area contributed by atoms with Crippen LogP contribution >= 0.6 is 0 Å². The molecule has 8 nitrogen and oxygen atoms in total. The monoisotopic (exact) mass is 426 g/mol. The molecule has 0 bridgehead atoms. The zero-order valence-corrected chi connectivity index (χ0v) is 18.2. The Balaban J connectivity index is 0.000000645. The minimum absolute atomic E-state index is 0.0832. The van der Waals surface area contributed by atoms with E-state index in [0.717, 1.165) is 10.9 Å². The van der Waals surface area contributed by atoms with Gasteiger partial charge >= 0.3 is 5.97 Å². The highest BCUT2D eigenvalue weighted by Gasteiger charge is 2.33. The second kappa shape index (κ2) is 8.77. The van der Waals surface area contributed by atoms with Crippen molar-refractivity contribution in [1.29, 1.82) is 0 Å². The van der Waals surface area contributed by atoms with Crippen molar-refractivity contribution in [3.63, 3.8) is 0 Å². The molecule has 2 aromatic heterocycles. The smallest absolute Gasteiger partial charge is 0.340 e. The number of aliphatic hydroxyl groups is 1. The molecular weight excluding hydrogens is 400 g/mol. The third kappa shape index (κ3) is 3.42. The van der Waals surface area contributed by atoms with Crippen molar-refractivity contribution >= 4 is 16.9 Å². The summed E-state index contributed by atoms with van der Waals surface area (Å²) >= 11 is 0. The molecule has 1 aromatic carbocycles. The van der Waals surface area contributed by atoms with Crippen molar-refractivity contribution in [1.82, 2.24) is 9.55 Å². The Morgan fingerprint density at radius 2 is 1.87 bits per heavy atom. The van der Waals surface area contributed by atoms with E-state index in [1.165, 1.54) is 11.7 Å². The Labute approximate surface area is 179 Å². The molecule has 0 aliphatic carbocycles. The summed E-state index contributed by atoms with van der Waals surface area (Å²) < 4.78 is 11.5. The number of phenols is 1. The van der Waals surface area contributed by atoms with Gasteiger partial charge in [0.25, 0.3) is 5.56 Å². The number of fused-ring (bicyclic) bond motifs is 5. The fourth-order valence-electron chi connectivity index (χ4n) is 3.73. The van der Waals surface area contributed by atoms with Crippen LogP contribution in [0.15, 0.2) is 29.1 Å². The van der Waals surface area contributed by atoms with Crippen molar-refractivity contribution in [2.75, 3.05) is 7.11 Å². The lowest BCUT2D eigenvalue weighted by atomic mass is 10.0. The molecule has 3 aromatic rings. The number of carbonyl (C=O) groups is 1. The average molecular weight is 426 g/mol. The maximum absolute atomic E-state index is 12.9. The molecule has 0 amide bonds. The van der Waals surface area contributed by atoms with Gasteiger partial charge in [-0.3, -0.25) is 4.79 Å². The zero-order chi connectivity index (χ0) is 22.9. The molecule has 0 fully saturated rings. The second-order valence-electron chi connectivity index (χ2n) is 6.55. The molecule has 0 saturated heterocycles. The number of aromatic nitrogens is 2. The molecule has 2 N–H and O–H groups in total. The van der Waals surface area contributed by atoms with Crippen LogP contribution in [0.3, 0.4) is 0 Å². The maximum Gasteiger partial charge on any atom is 0.340 e. The van der Waals surface area contributed by atoms with E-state index in [4.69, 9.17) is 9.47 Å². The molecule has 2 aliphatic rings. The van der Waals surface area contributed by atoms with Crippen molar-refractivity contribution < 1.29 is 24.5 Å². The number of methoxy groups -OCH3 is 1. The summed E-state index contributed by atoms with van der Waals surface area (Å²) in [5.74, 6) is -0.562. The normalized spacial score (nSPS) is 15.4. The van der Waals surface area contributed by atoms with Crippen molar-refractivity contribution in [2.24, 2.45) is 0 Å². The van der Waals surface area contributed by atoms with Crippen molar-refractivity contribution in [3.8, 4) is 22.9 Å². The van der Waals surface area contributed by atoms with Crippen LogP contribution in [0.5, 0.6) is 11.5 Å².